The lowest BCUT2D eigenvalue weighted by Crippen LogP contribution is -2.51. The summed E-state index contributed by atoms with van der Waals surface area (Å²) < 4.78 is 0. The van der Waals surface area contributed by atoms with Crippen molar-refractivity contribution < 1.29 is 19.2 Å². The highest BCUT2D eigenvalue weighted by Gasteiger charge is 2.36. The molecule has 6 rings (SSSR count). The zero-order valence-corrected chi connectivity index (χ0v) is 27.3. The molecule has 4 N–H and O–H groups in total. The number of nitrogens with zero attached hydrogens (tertiary/aromatic N) is 5. The molecule has 4 heterocycles. The van der Waals surface area contributed by atoms with E-state index >= 15 is 0 Å². The van der Waals surface area contributed by atoms with E-state index in [2.05, 4.69) is 25.9 Å². The molecule has 1 aromatic heterocycles. The zero-order valence-electron chi connectivity index (χ0n) is 26.6. The summed E-state index contributed by atoms with van der Waals surface area (Å²) in [6.45, 7) is 1.99. The van der Waals surface area contributed by atoms with Crippen molar-refractivity contribution in [3.63, 3.8) is 0 Å². The van der Waals surface area contributed by atoms with Crippen molar-refractivity contribution in [2.24, 2.45) is 5.92 Å². The molecular weight excluding hydrogens is 622 g/mol. The van der Waals surface area contributed by atoms with Gasteiger partial charge in [-0.15, -0.1) is 0 Å². The number of imide groups is 1. The summed E-state index contributed by atoms with van der Waals surface area (Å²) in [5.41, 5.74) is 4.53. The van der Waals surface area contributed by atoms with E-state index in [9.17, 15) is 19.2 Å². The normalized spacial score (nSPS) is 21.0. The number of hydrogen-bond acceptors (Lipinski definition) is 10. The van der Waals surface area contributed by atoms with Gasteiger partial charge in [0.25, 0.3) is 0 Å². The van der Waals surface area contributed by atoms with Crippen molar-refractivity contribution >= 4 is 75.5 Å². The highest BCUT2D eigenvalue weighted by molar-refractivity contribution is 6.33. The average molecular weight is 658 g/mol. The van der Waals surface area contributed by atoms with Crippen LogP contribution in [0, 0.1) is 11.3 Å². The number of rotatable bonds is 8. The zero-order chi connectivity index (χ0) is 33.6. The van der Waals surface area contributed by atoms with Crippen LogP contribution in [0.1, 0.15) is 43.7 Å². The monoisotopic (exact) mass is 657 g/mol. The molecule has 0 aliphatic carbocycles. The Kier molecular flexibility index (Phi) is 8.58. The van der Waals surface area contributed by atoms with Gasteiger partial charge in [0.2, 0.25) is 29.6 Å². The van der Waals surface area contributed by atoms with E-state index in [-0.39, 0.29) is 54.8 Å². The first-order chi connectivity index (χ1) is 22.4. The van der Waals surface area contributed by atoms with Crippen molar-refractivity contribution in [1.29, 1.82) is 5.41 Å². The second kappa shape index (κ2) is 12.6. The van der Waals surface area contributed by atoms with Gasteiger partial charge in [0.15, 0.2) is 5.82 Å². The van der Waals surface area contributed by atoms with Crippen LogP contribution in [-0.4, -0.2) is 72.5 Å². The van der Waals surface area contributed by atoms with Crippen LogP contribution in [0.15, 0.2) is 42.6 Å². The third kappa shape index (κ3) is 6.10. The van der Waals surface area contributed by atoms with Crippen LogP contribution >= 0.6 is 11.6 Å². The summed E-state index contributed by atoms with van der Waals surface area (Å²) in [5, 5.41) is 17.7. The number of aromatic nitrogens is 2. The van der Waals surface area contributed by atoms with Crippen molar-refractivity contribution in [1.82, 2.24) is 15.3 Å². The Morgan fingerprint density at radius 3 is 2.64 bits per heavy atom. The predicted octanol–water partition coefficient (Wildman–Crippen LogP) is 3.88. The fraction of sp³-hybridized carbons (Fsp3) is 0.364. The minimum Gasteiger partial charge on any atom is -0.388 e. The quantitative estimate of drug-likeness (QED) is 0.208. The lowest BCUT2D eigenvalue weighted by atomic mass is 9.88. The molecule has 0 saturated carbocycles. The van der Waals surface area contributed by atoms with E-state index in [0.717, 1.165) is 16.9 Å². The molecule has 2 aromatic carbocycles. The first-order valence-electron chi connectivity index (χ1n) is 15.4. The topological polar surface area (TPSA) is 164 Å². The maximum absolute atomic E-state index is 13.6. The number of hydrogen-bond donors (Lipinski definition) is 4. The molecule has 244 valence electrons. The van der Waals surface area contributed by atoms with E-state index in [4.69, 9.17) is 17.0 Å². The number of piperidine rings is 2. The summed E-state index contributed by atoms with van der Waals surface area (Å²) in [6.07, 6.45) is 3.21. The molecule has 3 aliphatic heterocycles. The van der Waals surface area contributed by atoms with Gasteiger partial charge in [-0.3, -0.25) is 24.5 Å². The van der Waals surface area contributed by atoms with Gasteiger partial charge in [0.1, 0.15) is 5.02 Å². The average Bonchev–Trinajstić information content (AvgIpc) is 3.32. The van der Waals surface area contributed by atoms with Gasteiger partial charge in [-0.05, 0) is 61.7 Å². The minimum absolute atomic E-state index is 0.0423. The Labute approximate surface area is 277 Å². The van der Waals surface area contributed by atoms with Gasteiger partial charge in [0.05, 0.1) is 24.2 Å². The lowest BCUT2D eigenvalue weighted by molar-refractivity contribution is -0.134. The Hall–Kier alpha value is -5.04. The van der Waals surface area contributed by atoms with Crippen molar-refractivity contribution in [3.05, 3.63) is 58.7 Å². The van der Waals surface area contributed by atoms with Crippen LogP contribution < -0.4 is 30.7 Å². The number of likely N-dealkylation sites (N-methyl/N-ethyl adjacent to an activating group) is 1. The lowest BCUT2D eigenvalue weighted by Gasteiger charge is -2.41. The summed E-state index contributed by atoms with van der Waals surface area (Å²) in [6, 6.07) is 10.7. The minimum atomic E-state index is -0.718. The third-order valence-electron chi connectivity index (χ3n) is 9.18. The number of carbonyl (C=O) groups excluding carboxylic acids is 4. The van der Waals surface area contributed by atoms with Crippen LogP contribution in [0.25, 0.3) is 0 Å². The molecule has 3 aromatic rings. The standard InChI is InChI=1S/C33H36ClN9O4/c1-17-11-21(41(3)33-37-16-24(34)31(40-33)38-19-5-9-26-18(12-19)13-28(45)42(26)4)15-29(46)43(17)20-6-7-22(25(14-20)36-2)30(35)23-8-10-27(44)39-32(23)47/h5-7,9,12,14,16-17,21,23,35-36H,8,10-11,13,15H2,1-4H3,(H,37,38,40)(H,39,44,47)/t17-,21-,23?/m1/s1. The largest absolute Gasteiger partial charge is 0.388 e. The van der Waals surface area contributed by atoms with E-state index < -0.39 is 11.8 Å². The molecule has 0 radical (unpaired) electrons. The molecule has 0 spiro atoms. The molecule has 47 heavy (non-hydrogen) atoms. The number of carbonyl (C=O) groups is 4. The van der Waals surface area contributed by atoms with E-state index in [0.29, 0.717) is 46.6 Å². The van der Waals surface area contributed by atoms with Gasteiger partial charge in [0, 0.05) is 74.4 Å². The molecule has 14 heteroatoms. The van der Waals surface area contributed by atoms with Crippen LogP contribution in [-0.2, 0) is 25.6 Å². The number of benzene rings is 2. The first kappa shape index (κ1) is 31.9. The molecule has 1 unspecified atom stereocenters. The van der Waals surface area contributed by atoms with Crippen molar-refractivity contribution in [2.75, 3.05) is 46.5 Å². The van der Waals surface area contributed by atoms with Gasteiger partial charge in [-0.1, -0.05) is 11.6 Å². The van der Waals surface area contributed by atoms with Gasteiger partial charge in [-0.2, -0.15) is 4.98 Å². The highest BCUT2D eigenvalue weighted by atomic mass is 35.5. The second-order valence-corrected chi connectivity index (χ2v) is 12.6. The Morgan fingerprint density at radius 2 is 1.91 bits per heavy atom. The molecule has 3 aliphatic rings. The molecule has 0 bridgehead atoms. The van der Waals surface area contributed by atoms with Crippen LogP contribution in [0.2, 0.25) is 5.02 Å². The molecule has 4 amide bonds. The number of nitrogens with one attached hydrogen (secondary N) is 4. The molecule has 2 saturated heterocycles. The summed E-state index contributed by atoms with van der Waals surface area (Å²) >= 11 is 6.47. The number of anilines is 6. The smallest absolute Gasteiger partial charge is 0.235 e. The maximum atomic E-state index is 13.6. The number of fused-ring (bicyclic) bond motifs is 1. The van der Waals surface area contributed by atoms with Crippen LogP contribution in [0.5, 0.6) is 0 Å². The van der Waals surface area contributed by atoms with Crippen LogP contribution in [0.3, 0.4) is 0 Å². The number of halogens is 1. The molecule has 2 fully saturated rings. The molecular formula is C33H36ClN9O4. The Morgan fingerprint density at radius 1 is 1.13 bits per heavy atom. The predicted molar refractivity (Wildman–Crippen MR) is 181 cm³/mol. The fourth-order valence-corrected chi connectivity index (χ4v) is 6.70. The van der Waals surface area contributed by atoms with E-state index in [1.54, 1.807) is 36.0 Å². The van der Waals surface area contributed by atoms with Crippen molar-refractivity contribution in [2.45, 2.75) is 51.1 Å². The fourth-order valence-electron chi connectivity index (χ4n) is 6.57. The third-order valence-corrected chi connectivity index (χ3v) is 9.45. The first-order valence-corrected chi connectivity index (χ1v) is 15.8. The molecule has 13 nitrogen and oxygen atoms in total. The van der Waals surface area contributed by atoms with Gasteiger partial charge in [-0.25, -0.2) is 4.98 Å². The van der Waals surface area contributed by atoms with Gasteiger partial charge < -0.3 is 30.7 Å². The maximum Gasteiger partial charge on any atom is 0.235 e. The number of amides is 4. The molecule has 3 atom stereocenters. The van der Waals surface area contributed by atoms with Gasteiger partial charge >= 0.3 is 0 Å². The summed E-state index contributed by atoms with van der Waals surface area (Å²) in [5.74, 6) is -0.701. The van der Waals surface area contributed by atoms with Crippen molar-refractivity contribution in [3.8, 4) is 0 Å². The van der Waals surface area contributed by atoms with Crippen LogP contribution in [0.4, 0.5) is 34.5 Å². The Balaban J connectivity index is 1.16. The second-order valence-electron chi connectivity index (χ2n) is 12.2. The SMILES string of the molecule is CNc1cc(N2C(=O)C[C@H](N(C)c3ncc(Cl)c(Nc4ccc5c(c4)CC(=O)N5C)n3)C[C@H]2C)ccc1C(=N)C1CCC(=O)NC1=O. The van der Waals surface area contributed by atoms with E-state index in [1.807, 2.05) is 43.1 Å². The Bertz CT molecular complexity index is 1810. The summed E-state index contributed by atoms with van der Waals surface area (Å²) in [7, 11) is 5.35. The van der Waals surface area contributed by atoms with E-state index in [1.165, 1.54) is 6.20 Å². The summed E-state index contributed by atoms with van der Waals surface area (Å²) in [4.78, 5) is 64.2. The highest BCUT2D eigenvalue weighted by Crippen LogP contribution is 2.35.